The number of ether oxygens (including phenoxy) is 1. The molecule has 4 nitrogen and oxygen atoms in total. The average Bonchev–Trinajstić information content (AvgIpc) is 2.72. The molecule has 17 heavy (non-hydrogen) atoms. The van der Waals surface area contributed by atoms with E-state index in [0.29, 0.717) is 32.2 Å². The molecule has 0 amide bonds. The molecule has 4 heteroatoms. The largest absolute Gasteiger partial charge is 0.481 e. The molecule has 3 unspecified atom stereocenters. The number of rotatable bonds is 3. The van der Waals surface area contributed by atoms with Crippen molar-refractivity contribution in [2.24, 2.45) is 11.3 Å². The fourth-order valence-corrected chi connectivity index (χ4v) is 3.05. The average molecular weight is 241 g/mol. The molecule has 98 valence electrons. The minimum Gasteiger partial charge on any atom is -0.481 e. The first kappa shape index (κ1) is 12.8. The molecular formula is C13H23NO3. The number of carbonyl (C=O) groups is 1. The summed E-state index contributed by atoms with van der Waals surface area (Å²) in [6.45, 7) is 7.13. The highest BCUT2D eigenvalue weighted by Gasteiger charge is 2.44. The molecule has 2 aliphatic heterocycles. The molecule has 0 radical (unpaired) electrons. The second-order valence-corrected chi connectivity index (χ2v) is 5.84. The Kier molecular flexibility index (Phi) is 3.73. The lowest BCUT2D eigenvalue weighted by Crippen LogP contribution is -2.49. The predicted molar refractivity (Wildman–Crippen MR) is 64.9 cm³/mol. The summed E-state index contributed by atoms with van der Waals surface area (Å²) >= 11 is 0. The molecule has 0 saturated carbocycles. The standard InChI is InChI=1S/C13H23NO3/c1-10-3-5-14(11(2)7-10)8-13(12(15)16)4-6-17-9-13/h10-11H,3-9H2,1-2H3,(H,15,16). The van der Waals surface area contributed by atoms with Crippen LogP contribution in [0.25, 0.3) is 0 Å². The van der Waals surface area contributed by atoms with Crippen LogP contribution in [0.1, 0.15) is 33.1 Å². The van der Waals surface area contributed by atoms with Crippen LogP contribution in [0.15, 0.2) is 0 Å². The lowest BCUT2D eigenvalue weighted by atomic mass is 9.84. The van der Waals surface area contributed by atoms with Crippen molar-refractivity contribution in [3.63, 3.8) is 0 Å². The lowest BCUT2D eigenvalue weighted by Gasteiger charge is -2.40. The van der Waals surface area contributed by atoms with Crippen molar-refractivity contribution in [3.05, 3.63) is 0 Å². The Bertz CT molecular complexity index is 286. The van der Waals surface area contributed by atoms with Gasteiger partial charge in [-0.15, -0.1) is 0 Å². The van der Waals surface area contributed by atoms with Crippen molar-refractivity contribution in [3.8, 4) is 0 Å². The van der Waals surface area contributed by atoms with Gasteiger partial charge < -0.3 is 9.84 Å². The van der Waals surface area contributed by atoms with Crippen LogP contribution in [0.2, 0.25) is 0 Å². The molecule has 2 aliphatic rings. The lowest BCUT2D eigenvalue weighted by molar-refractivity contribution is -0.150. The third-order valence-electron chi connectivity index (χ3n) is 4.34. The highest BCUT2D eigenvalue weighted by Crippen LogP contribution is 2.33. The smallest absolute Gasteiger partial charge is 0.313 e. The first-order valence-electron chi connectivity index (χ1n) is 6.59. The van der Waals surface area contributed by atoms with E-state index in [1.165, 1.54) is 12.8 Å². The van der Waals surface area contributed by atoms with Crippen LogP contribution < -0.4 is 0 Å². The van der Waals surface area contributed by atoms with Crippen molar-refractivity contribution in [1.82, 2.24) is 4.90 Å². The zero-order valence-corrected chi connectivity index (χ0v) is 10.8. The van der Waals surface area contributed by atoms with E-state index >= 15 is 0 Å². The van der Waals surface area contributed by atoms with Gasteiger partial charge in [0.25, 0.3) is 0 Å². The van der Waals surface area contributed by atoms with Crippen LogP contribution in [0.3, 0.4) is 0 Å². The van der Waals surface area contributed by atoms with Gasteiger partial charge in [-0.2, -0.15) is 0 Å². The van der Waals surface area contributed by atoms with E-state index < -0.39 is 11.4 Å². The van der Waals surface area contributed by atoms with Crippen LogP contribution in [-0.4, -0.2) is 48.3 Å². The molecule has 0 aliphatic carbocycles. The van der Waals surface area contributed by atoms with E-state index in [9.17, 15) is 9.90 Å². The Hall–Kier alpha value is -0.610. The number of carboxylic acid groups (broad SMARTS) is 1. The molecule has 1 N–H and O–H groups in total. The Balaban J connectivity index is 2.01. The second-order valence-electron chi connectivity index (χ2n) is 5.84. The van der Waals surface area contributed by atoms with Crippen LogP contribution in [0, 0.1) is 11.3 Å². The van der Waals surface area contributed by atoms with Crippen LogP contribution in [-0.2, 0) is 9.53 Å². The van der Waals surface area contributed by atoms with E-state index in [4.69, 9.17) is 4.74 Å². The third kappa shape index (κ3) is 2.63. The van der Waals surface area contributed by atoms with E-state index in [1.807, 2.05) is 0 Å². The van der Waals surface area contributed by atoms with Gasteiger partial charge in [-0.25, -0.2) is 0 Å². The number of hydrogen-bond acceptors (Lipinski definition) is 3. The van der Waals surface area contributed by atoms with Gasteiger partial charge in [-0.3, -0.25) is 9.69 Å². The van der Waals surface area contributed by atoms with E-state index in [-0.39, 0.29) is 0 Å². The summed E-state index contributed by atoms with van der Waals surface area (Å²) in [5.41, 5.74) is -0.658. The maximum Gasteiger partial charge on any atom is 0.313 e. The van der Waals surface area contributed by atoms with Gasteiger partial charge >= 0.3 is 5.97 Å². The highest BCUT2D eigenvalue weighted by molar-refractivity contribution is 5.75. The number of aliphatic carboxylic acids is 1. The summed E-state index contributed by atoms with van der Waals surface area (Å²) in [5, 5.41) is 9.43. The topological polar surface area (TPSA) is 49.8 Å². The molecule has 2 heterocycles. The van der Waals surface area contributed by atoms with E-state index in [1.54, 1.807) is 0 Å². The predicted octanol–water partition coefficient (Wildman–Crippen LogP) is 1.60. The first-order chi connectivity index (χ1) is 8.03. The fourth-order valence-electron chi connectivity index (χ4n) is 3.05. The zero-order chi connectivity index (χ0) is 12.5. The number of piperidine rings is 1. The van der Waals surface area contributed by atoms with Gasteiger partial charge in [0.2, 0.25) is 0 Å². The van der Waals surface area contributed by atoms with Gasteiger partial charge in [0.15, 0.2) is 0 Å². The zero-order valence-electron chi connectivity index (χ0n) is 10.8. The number of likely N-dealkylation sites (tertiary alicyclic amines) is 1. The first-order valence-corrected chi connectivity index (χ1v) is 6.59. The van der Waals surface area contributed by atoms with Crippen molar-refractivity contribution in [2.45, 2.75) is 39.2 Å². The molecule has 0 bridgehead atoms. The summed E-state index contributed by atoms with van der Waals surface area (Å²) in [5.74, 6) is 0.0719. The summed E-state index contributed by atoms with van der Waals surface area (Å²) in [4.78, 5) is 13.8. The van der Waals surface area contributed by atoms with Crippen molar-refractivity contribution in [1.29, 1.82) is 0 Å². The van der Waals surface area contributed by atoms with Gasteiger partial charge in [0.1, 0.15) is 5.41 Å². The van der Waals surface area contributed by atoms with Crippen LogP contribution in [0.5, 0.6) is 0 Å². The van der Waals surface area contributed by atoms with E-state index in [2.05, 4.69) is 18.7 Å². The molecule has 2 rings (SSSR count). The maximum atomic E-state index is 11.5. The molecule has 0 aromatic heterocycles. The highest BCUT2D eigenvalue weighted by atomic mass is 16.5. The van der Waals surface area contributed by atoms with Gasteiger partial charge in [0.05, 0.1) is 6.61 Å². The third-order valence-corrected chi connectivity index (χ3v) is 4.34. The monoisotopic (exact) mass is 241 g/mol. The van der Waals surface area contributed by atoms with E-state index in [0.717, 1.165) is 12.5 Å². The molecule has 3 atom stereocenters. The van der Waals surface area contributed by atoms with Gasteiger partial charge in [0, 0.05) is 19.2 Å². The molecular weight excluding hydrogens is 218 g/mol. The molecule has 0 aromatic carbocycles. The number of hydrogen-bond donors (Lipinski definition) is 1. The van der Waals surface area contributed by atoms with Crippen LogP contribution in [0.4, 0.5) is 0 Å². The quantitative estimate of drug-likeness (QED) is 0.815. The van der Waals surface area contributed by atoms with Gasteiger partial charge in [-0.05, 0) is 38.6 Å². The fraction of sp³-hybridized carbons (Fsp3) is 0.923. The summed E-state index contributed by atoms with van der Waals surface area (Å²) < 4.78 is 5.31. The SMILES string of the molecule is CC1CCN(CC2(C(=O)O)CCOC2)C(C)C1. The Morgan fingerprint density at radius 2 is 2.29 bits per heavy atom. The minimum absolute atomic E-state index is 0.376. The molecule has 0 aromatic rings. The Morgan fingerprint density at radius 1 is 1.53 bits per heavy atom. The molecule has 0 spiro atoms. The summed E-state index contributed by atoms with van der Waals surface area (Å²) in [6, 6.07) is 0.496. The summed E-state index contributed by atoms with van der Waals surface area (Å²) in [7, 11) is 0. The van der Waals surface area contributed by atoms with Crippen LogP contribution >= 0.6 is 0 Å². The maximum absolute atomic E-state index is 11.5. The Labute approximate surface area is 103 Å². The Morgan fingerprint density at radius 3 is 2.82 bits per heavy atom. The minimum atomic E-state index is -0.694. The van der Waals surface area contributed by atoms with Crippen molar-refractivity contribution in [2.75, 3.05) is 26.3 Å². The molecule has 2 saturated heterocycles. The van der Waals surface area contributed by atoms with Crippen molar-refractivity contribution >= 4 is 5.97 Å². The van der Waals surface area contributed by atoms with Gasteiger partial charge in [-0.1, -0.05) is 6.92 Å². The normalized spacial score (nSPS) is 39.4. The second kappa shape index (κ2) is 4.94. The number of nitrogens with zero attached hydrogens (tertiary/aromatic N) is 1. The summed E-state index contributed by atoms with van der Waals surface area (Å²) in [6.07, 6.45) is 3.01. The number of carboxylic acids is 1. The molecule has 2 fully saturated rings. The van der Waals surface area contributed by atoms with Crippen molar-refractivity contribution < 1.29 is 14.6 Å².